The van der Waals surface area contributed by atoms with E-state index in [-0.39, 0.29) is 0 Å². The Morgan fingerprint density at radius 2 is 2.29 bits per heavy atom. The number of nitrogens with zero attached hydrogens (tertiary/aromatic N) is 2. The molecule has 0 radical (unpaired) electrons. The molecule has 0 bridgehead atoms. The summed E-state index contributed by atoms with van der Waals surface area (Å²) in [6.45, 7) is 0.578. The molecule has 0 aromatic carbocycles. The fraction of sp³-hybridized carbons (Fsp3) is 0.200. The highest BCUT2D eigenvalue weighted by Crippen LogP contribution is 2.12. The van der Waals surface area contributed by atoms with E-state index in [1.807, 2.05) is 24.4 Å². The van der Waals surface area contributed by atoms with Crippen LogP contribution in [0.1, 0.15) is 5.82 Å². The fourth-order valence-electron chi connectivity index (χ4n) is 1.29. The van der Waals surface area contributed by atoms with Crippen molar-refractivity contribution in [3.63, 3.8) is 0 Å². The number of H-pyrrole nitrogens is 1. The van der Waals surface area contributed by atoms with Gasteiger partial charge in [0.2, 0.25) is 0 Å². The molecule has 4 nitrogen and oxygen atoms in total. The molecule has 0 saturated carbocycles. The molecule has 0 spiro atoms. The van der Waals surface area contributed by atoms with Crippen molar-refractivity contribution in [2.24, 2.45) is 5.73 Å². The lowest BCUT2D eigenvalue weighted by molar-refractivity contribution is 0.869. The summed E-state index contributed by atoms with van der Waals surface area (Å²) in [4.78, 5) is 11.6. The summed E-state index contributed by atoms with van der Waals surface area (Å²) in [6.07, 6.45) is 4.35. The number of nitrogens with two attached hydrogens (primary N) is 1. The van der Waals surface area contributed by atoms with Gasteiger partial charge in [0.1, 0.15) is 5.82 Å². The van der Waals surface area contributed by atoms with Gasteiger partial charge in [-0.2, -0.15) is 0 Å². The third-order valence-corrected chi connectivity index (χ3v) is 1.95. The average molecular weight is 188 g/mol. The number of aromatic nitrogens is 3. The minimum Gasteiger partial charge on any atom is -0.360 e. The third-order valence-electron chi connectivity index (χ3n) is 1.95. The van der Waals surface area contributed by atoms with E-state index >= 15 is 0 Å². The highest BCUT2D eigenvalue weighted by Gasteiger charge is 2.01. The molecular weight excluding hydrogens is 176 g/mol. The van der Waals surface area contributed by atoms with Crippen molar-refractivity contribution in [2.75, 3.05) is 6.54 Å². The van der Waals surface area contributed by atoms with Gasteiger partial charge in [-0.25, -0.2) is 9.97 Å². The first-order valence-electron chi connectivity index (χ1n) is 4.56. The molecule has 2 rings (SSSR count). The maximum atomic E-state index is 5.44. The lowest BCUT2D eigenvalue weighted by atomic mass is 10.3. The molecule has 0 aliphatic rings. The molecule has 2 aromatic rings. The van der Waals surface area contributed by atoms with Crippen LogP contribution in [0.5, 0.6) is 0 Å². The van der Waals surface area contributed by atoms with Crippen LogP contribution in [-0.4, -0.2) is 21.5 Å². The van der Waals surface area contributed by atoms with Crippen LogP contribution in [0.25, 0.3) is 11.4 Å². The first-order chi connectivity index (χ1) is 6.90. The van der Waals surface area contributed by atoms with E-state index < -0.39 is 0 Å². The van der Waals surface area contributed by atoms with Gasteiger partial charge in [0.05, 0.1) is 11.4 Å². The largest absolute Gasteiger partial charge is 0.360 e. The Labute approximate surface area is 82.2 Å². The zero-order valence-corrected chi connectivity index (χ0v) is 7.77. The lowest BCUT2D eigenvalue weighted by Gasteiger charge is -2.00. The fourth-order valence-corrected chi connectivity index (χ4v) is 1.29. The van der Waals surface area contributed by atoms with Crippen LogP contribution in [0.2, 0.25) is 0 Å². The molecule has 14 heavy (non-hydrogen) atoms. The van der Waals surface area contributed by atoms with Crippen LogP contribution in [0.4, 0.5) is 0 Å². The molecule has 0 fully saturated rings. The van der Waals surface area contributed by atoms with Gasteiger partial charge in [0, 0.05) is 18.8 Å². The van der Waals surface area contributed by atoms with Crippen LogP contribution < -0.4 is 5.73 Å². The highest BCUT2D eigenvalue weighted by atomic mass is 14.9. The Morgan fingerprint density at radius 3 is 3.00 bits per heavy atom. The van der Waals surface area contributed by atoms with E-state index in [0.717, 1.165) is 17.2 Å². The molecule has 2 heterocycles. The van der Waals surface area contributed by atoms with Crippen LogP contribution in [0.15, 0.2) is 30.6 Å². The summed E-state index contributed by atoms with van der Waals surface area (Å²) in [5.74, 6) is 0.791. The van der Waals surface area contributed by atoms with Crippen molar-refractivity contribution in [1.82, 2.24) is 15.0 Å². The van der Waals surface area contributed by atoms with Crippen molar-refractivity contribution in [3.8, 4) is 11.4 Å². The topological polar surface area (TPSA) is 67.6 Å². The van der Waals surface area contributed by atoms with E-state index in [1.54, 1.807) is 6.20 Å². The van der Waals surface area contributed by atoms with Gasteiger partial charge in [0.15, 0.2) is 0 Å². The molecule has 3 N–H and O–H groups in total. The third kappa shape index (κ3) is 1.80. The van der Waals surface area contributed by atoms with Crippen molar-refractivity contribution in [2.45, 2.75) is 6.42 Å². The second-order valence-electron chi connectivity index (χ2n) is 2.98. The summed E-state index contributed by atoms with van der Waals surface area (Å²) in [5.41, 5.74) is 7.36. The minimum absolute atomic E-state index is 0.578. The highest BCUT2D eigenvalue weighted by molar-refractivity contribution is 5.53. The Bertz CT molecular complexity index is 394. The van der Waals surface area contributed by atoms with E-state index in [9.17, 15) is 0 Å². The zero-order chi connectivity index (χ0) is 9.80. The molecule has 0 aliphatic carbocycles. The molecule has 0 amide bonds. The van der Waals surface area contributed by atoms with Gasteiger partial charge < -0.3 is 10.7 Å². The monoisotopic (exact) mass is 188 g/mol. The SMILES string of the molecule is NCCc1nccc(-c2ccc[nH]2)n1. The maximum Gasteiger partial charge on any atom is 0.130 e. The Balaban J connectivity index is 2.31. The van der Waals surface area contributed by atoms with Crippen molar-refractivity contribution < 1.29 is 0 Å². The van der Waals surface area contributed by atoms with Gasteiger partial charge in [0.25, 0.3) is 0 Å². The molecule has 72 valence electrons. The normalized spacial score (nSPS) is 10.4. The average Bonchev–Trinajstić information content (AvgIpc) is 2.71. The van der Waals surface area contributed by atoms with Crippen molar-refractivity contribution in [1.29, 1.82) is 0 Å². The second-order valence-corrected chi connectivity index (χ2v) is 2.98. The van der Waals surface area contributed by atoms with Gasteiger partial charge in [-0.05, 0) is 24.7 Å². The minimum atomic E-state index is 0.578. The Hall–Kier alpha value is -1.68. The maximum absolute atomic E-state index is 5.44. The first-order valence-corrected chi connectivity index (χ1v) is 4.56. The summed E-state index contributed by atoms with van der Waals surface area (Å²) >= 11 is 0. The molecule has 0 saturated heterocycles. The van der Waals surface area contributed by atoms with Crippen LogP contribution in [0.3, 0.4) is 0 Å². The van der Waals surface area contributed by atoms with Crippen LogP contribution in [0, 0.1) is 0 Å². The zero-order valence-electron chi connectivity index (χ0n) is 7.77. The number of hydrogen-bond acceptors (Lipinski definition) is 3. The molecule has 2 aromatic heterocycles. The number of rotatable bonds is 3. The molecule has 0 atom stereocenters. The summed E-state index contributed by atoms with van der Waals surface area (Å²) < 4.78 is 0. The van der Waals surface area contributed by atoms with Gasteiger partial charge >= 0.3 is 0 Å². The Morgan fingerprint density at radius 1 is 1.36 bits per heavy atom. The van der Waals surface area contributed by atoms with Crippen LogP contribution >= 0.6 is 0 Å². The van der Waals surface area contributed by atoms with Crippen LogP contribution in [-0.2, 0) is 6.42 Å². The van der Waals surface area contributed by atoms with E-state index in [1.165, 1.54) is 0 Å². The number of aromatic amines is 1. The van der Waals surface area contributed by atoms with Gasteiger partial charge in [-0.15, -0.1) is 0 Å². The first kappa shape index (κ1) is 8.90. The molecular formula is C10H12N4. The van der Waals surface area contributed by atoms with E-state index in [0.29, 0.717) is 13.0 Å². The van der Waals surface area contributed by atoms with Crippen molar-refractivity contribution >= 4 is 0 Å². The van der Waals surface area contributed by atoms with E-state index in [2.05, 4.69) is 15.0 Å². The molecule has 0 aliphatic heterocycles. The summed E-state index contributed by atoms with van der Waals surface area (Å²) in [7, 11) is 0. The number of hydrogen-bond donors (Lipinski definition) is 2. The van der Waals surface area contributed by atoms with Gasteiger partial charge in [-0.1, -0.05) is 0 Å². The molecule has 4 heteroatoms. The van der Waals surface area contributed by atoms with Crippen molar-refractivity contribution in [3.05, 3.63) is 36.4 Å². The van der Waals surface area contributed by atoms with Gasteiger partial charge in [-0.3, -0.25) is 0 Å². The quantitative estimate of drug-likeness (QED) is 0.754. The lowest BCUT2D eigenvalue weighted by Crippen LogP contribution is -2.06. The Kier molecular flexibility index (Phi) is 2.55. The second kappa shape index (κ2) is 4.02. The predicted molar refractivity (Wildman–Crippen MR) is 54.6 cm³/mol. The standard InChI is InChI=1S/C10H12N4/c11-5-3-10-13-7-4-9(14-10)8-2-1-6-12-8/h1-2,4,6-7,12H,3,5,11H2. The van der Waals surface area contributed by atoms with E-state index in [4.69, 9.17) is 5.73 Å². The summed E-state index contributed by atoms with van der Waals surface area (Å²) in [6, 6.07) is 5.81. The summed E-state index contributed by atoms with van der Waals surface area (Å²) in [5, 5.41) is 0. The number of nitrogens with one attached hydrogen (secondary N) is 1. The smallest absolute Gasteiger partial charge is 0.130 e. The predicted octanol–water partition coefficient (Wildman–Crippen LogP) is 0.973. The molecule has 0 unspecified atom stereocenters.